The van der Waals surface area contributed by atoms with E-state index in [-0.39, 0.29) is 11.7 Å². The normalized spacial score (nSPS) is 14.2. The molecule has 1 aliphatic heterocycles. The number of carbonyl (C=O) groups is 1. The van der Waals surface area contributed by atoms with Crippen LogP contribution in [0.1, 0.15) is 24.2 Å². The Morgan fingerprint density at radius 1 is 1.07 bits per heavy atom. The first-order valence-corrected chi connectivity index (χ1v) is 10.9. The maximum absolute atomic E-state index is 13.9. The van der Waals surface area contributed by atoms with Gasteiger partial charge < -0.3 is 19.3 Å². The Morgan fingerprint density at radius 2 is 1.80 bits per heavy atom. The van der Waals surface area contributed by atoms with Crippen LogP contribution < -0.4 is 14.4 Å². The molecule has 1 aliphatic rings. The molecule has 8 heteroatoms. The second-order valence-electron chi connectivity index (χ2n) is 6.89. The van der Waals surface area contributed by atoms with Crippen molar-refractivity contribution in [1.82, 2.24) is 9.88 Å². The number of anilines is 1. The van der Waals surface area contributed by atoms with Gasteiger partial charge in [-0.3, -0.25) is 4.79 Å². The van der Waals surface area contributed by atoms with Crippen LogP contribution in [0.4, 0.5) is 9.52 Å². The Bertz CT molecular complexity index is 1050. The van der Waals surface area contributed by atoms with Crippen LogP contribution in [0.25, 0.3) is 10.2 Å². The summed E-state index contributed by atoms with van der Waals surface area (Å²) in [5.74, 6) is 0.891. The third-order valence-corrected chi connectivity index (χ3v) is 6.07. The second kappa shape index (κ2) is 8.87. The van der Waals surface area contributed by atoms with Gasteiger partial charge in [-0.1, -0.05) is 17.4 Å². The number of carbonyl (C=O) groups excluding carboxylic acids is 1. The Hall–Kier alpha value is -2.87. The molecule has 0 bridgehead atoms. The van der Waals surface area contributed by atoms with Gasteiger partial charge in [-0.25, -0.2) is 9.37 Å². The summed E-state index contributed by atoms with van der Waals surface area (Å²) in [6, 6.07) is 10.3. The average Bonchev–Trinajstić information content (AvgIpc) is 3.21. The van der Waals surface area contributed by atoms with Gasteiger partial charge in [0, 0.05) is 31.7 Å². The van der Waals surface area contributed by atoms with Crippen molar-refractivity contribution in [2.75, 3.05) is 44.3 Å². The summed E-state index contributed by atoms with van der Waals surface area (Å²) < 4.78 is 26.0. The fourth-order valence-electron chi connectivity index (χ4n) is 3.51. The van der Waals surface area contributed by atoms with Crippen LogP contribution in [0.2, 0.25) is 0 Å². The van der Waals surface area contributed by atoms with Crippen molar-refractivity contribution in [1.29, 1.82) is 0 Å². The van der Waals surface area contributed by atoms with Gasteiger partial charge in [0.2, 0.25) is 0 Å². The van der Waals surface area contributed by atoms with Crippen molar-refractivity contribution < 1.29 is 18.7 Å². The zero-order valence-electron chi connectivity index (χ0n) is 17.1. The summed E-state index contributed by atoms with van der Waals surface area (Å²) in [5, 5.41) is 0.793. The first-order chi connectivity index (χ1) is 14.6. The van der Waals surface area contributed by atoms with Crippen molar-refractivity contribution in [3.63, 3.8) is 0 Å². The molecule has 6 nitrogen and oxygen atoms in total. The molecule has 0 N–H and O–H groups in total. The highest BCUT2D eigenvalue weighted by Gasteiger charge is 2.25. The molecule has 1 amide bonds. The van der Waals surface area contributed by atoms with Gasteiger partial charge in [-0.05, 0) is 44.2 Å². The second-order valence-corrected chi connectivity index (χ2v) is 7.90. The van der Waals surface area contributed by atoms with E-state index in [0.717, 1.165) is 9.83 Å². The van der Waals surface area contributed by atoms with Crippen LogP contribution in [0.15, 0.2) is 36.4 Å². The number of para-hydroxylation sites is 1. The summed E-state index contributed by atoms with van der Waals surface area (Å²) >= 11 is 1.48. The number of amides is 1. The van der Waals surface area contributed by atoms with E-state index in [0.29, 0.717) is 62.0 Å². The van der Waals surface area contributed by atoms with Crippen LogP contribution in [-0.2, 0) is 0 Å². The van der Waals surface area contributed by atoms with Crippen LogP contribution >= 0.6 is 11.3 Å². The average molecular weight is 430 g/mol. The molecular formula is C22H24FN3O3S. The van der Waals surface area contributed by atoms with Crippen LogP contribution in [0.3, 0.4) is 0 Å². The topological polar surface area (TPSA) is 54.9 Å². The van der Waals surface area contributed by atoms with Crippen LogP contribution in [-0.4, -0.2) is 55.2 Å². The number of halogens is 1. The Labute approximate surface area is 178 Å². The lowest BCUT2D eigenvalue weighted by Gasteiger charge is -2.34. The van der Waals surface area contributed by atoms with E-state index in [4.69, 9.17) is 9.47 Å². The van der Waals surface area contributed by atoms with Gasteiger partial charge in [-0.15, -0.1) is 0 Å². The summed E-state index contributed by atoms with van der Waals surface area (Å²) in [6.07, 6.45) is 0. The molecule has 0 unspecified atom stereocenters. The lowest BCUT2D eigenvalue weighted by Crippen LogP contribution is -2.48. The number of aromatic nitrogens is 1. The summed E-state index contributed by atoms with van der Waals surface area (Å²) in [4.78, 5) is 21.4. The van der Waals surface area contributed by atoms with E-state index >= 15 is 0 Å². The standard InChI is InChI=1S/C22H24FN3O3S/c1-3-28-17-9-8-15(14-18(17)29-4-2)21(27)25-10-12-26(13-11-25)22-24-20-16(23)6-5-7-19(20)30-22/h5-9,14H,3-4,10-13H2,1-2H3. The summed E-state index contributed by atoms with van der Waals surface area (Å²) in [5.41, 5.74) is 0.992. The molecule has 4 rings (SSSR count). The molecule has 1 aromatic heterocycles. The Balaban J connectivity index is 1.45. The van der Waals surface area contributed by atoms with Gasteiger partial charge in [0.25, 0.3) is 5.91 Å². The van der Waals surface area contributed by atoms with Crippen molar-refractivity contribution in [2.24, 2.45) is 0 Å². The first kappa shape index (κ1) is 20.4. The monoisotopic (exact) mass is 429 g/mol. The largest absolute Gasteiger partial charge is 0.490 e. The molecule has 2 aromatic carbocycles. The van der Waals surface area contributed by atoms with E-state index in [2.05, 4.69) is 9.88 Å². The summed E-state index contributed by atoms with van der Waals surface area (Å²) in [7, 11) is 0. The number of ether oxygens (including phenoxy) is 2. The van der Waals surface area contributed by atoms with E-state index < -0.39 is 0 Å². The zero-order valence-corrected chi connectivity index (χ0v) is 17.9. The molecule has 158 valence electrons. The molecule has 2 heterocycles. The maximum atomic E-state index is 13.9. The number of hydrogen-bond acceptors (Lipinski definition) is 6. The molecule has 0 aliphatic carbocycles. The third kappa shape index (κ3) is 4.05. The number of fused-ring (bicyclic) bond motifs is 1. The molecule has 30 heavy (non-hydrogen) atoms. The highest BCUT2D eigenvalue weighted by atomic mass is 32.1. The molecule has 0 atom stereocenters. The Morgan fingerprint density at radius 3 is 2.50 bits per heavy atom. The van der Waals surface area contributed by atoms with E-state index in [1.807, 2.05) is 24.8 Å². The fourth-order valence-corrected chi connectivity index (χ4v) is 4.54. The lowest BCUT2D eigenvalue weighted by atomic mass is 10.1. The third-order valence-electron chi connectivity index (χ3n) is 4.99. The molecule has 1 fully saturated rings. The highest BCUT2D eigenvalue weighted by molar-refractivity contribution is 7.22. The van der Waals surface area contributed by atoms with Crippen LogP contribution in [0.5, 0.6) is 11.5 Å². The van der Waals surface area contributed by atoms with Crippen molar-refractivity contribution in [3.05, 3.63) is 47.8 Å². The van der Waals surface area contributed by atoms with Gasteiger partial charge >= 0.3 is 0 Å². The fraction of sp³-hybridized carbons (Fsp3) is 0.364. The SMILES string of the molecule is CCOc1ccc(C(=O)N2CCN(c3nc4c(F)cccc4s3)CC2)cc1OCC. The first-order valence-electron chi connectivity index (χ1n) is 10.1. The van der Waals surface area contributed by atoms with Gasteiger partial charge in [0.15, 0.2) is 16.6 Å². The number of rotatable bonds is 6. The van der Waals surface area contributed by atoms with Crippen molar-refractivity contribution >= 4 is 32.6 Å². The van der Waals surface area contributed by atoms with E-state index in [1.54, 1.807) is 24.3 Å². The lowest BCUT2D eigenvalue weighted by molar-refractivity contribution is 0.0746. The van der Waals surface area contributed by atoms with Gasteiger partial charge in [-0.2, -0.15) is 0 Å². The minimum absolute atomic E-state index is 0.0333. The van der Waals surface area contributed by atoms with Crippen LogP contribution in [0, 0.1) is 5.82 Å². The molecular weight excluding hydrogens is 405 g/mol. The summed E-state index contributed by atoms with van der Waals surface area (Å²) in [6.45, 7) is 7.31. The predicted molar refractivity (Wildman–Crippen MR) is 116 cm³/mol. The molecule has 1 saturated heterocycles. The zero-order chi connectivity index (χ0) is 21.1. The molecule has 0 saturated carbocycles. The highest BCUT2D eigenvalue weighted by Crippen LogP contribution is 2.32. The van der Waals surface area contributed by atoms with Crippen molar-refractivity contribution in [3.8, 4) is 11.5 Å². The number of hydrogen-bond donors (Lipinski definition) is 0. The van der Waals surface area contributed by atoms with Crippen molar-refractivity contribution in [2.45, 2.75) is 13.8 Å². The molecule has 0 radical (unpaired) electrons. The maximum Gasteiger partial charge on any atom is 0.254 e. The number of benzene rings is 2. The van der Waals surface area contributed by atoms with E-state index in [9.17, 15) is 9.18 Å². The van der Waals surface area contributed by atoms with Gasteiger partial charge in [0.1, 0.15) is 11.3 Å². The van der Waals surface area contributed by atoms with Gasteiger partial charge in [0.05, 0.1) is 17.9 Å². The predicted octanol–water partition coefficient (Wildman–Crippen LogP) is 4.20. The number of piperazine rings is 1. The smallest absolute Gasteiger partial charge is 0.254 e. The molecule has 0 spiro atoms. The number of nitrogens with zero attached hydrogens (tertiary/aromatic N) is 3. The minimum atomic E-state index is -0.301. The quantitative estimate of drug-likeness (QED) is 0.588. The minimum Gasteiger partial charge on any atom is -0.490 e. The molecule has 3 aromatic rings. The van der Waals surface area contributed by atoms with E-state index in [1.165, 1.54) is 17.4 Å². The number of thiazole rings is 1. The Kier molecular flexibility index (Phi) is 6.03.